The fraction of sp³-hybridized carbons (Fsp3) is 0.889. The molecule has 12 heavy (non-hydrogen) atoms. The highest BCUT2D eigenvalue weighted by Gasteiger charge is 1.90. The van der Waals surface area contributed by atoms with Gasteiger partial charge in [0.2, 0.25) is 0 Å². The molecular weight excluding hydrogens is 172 g/mol. The Labute approximate surface area is 80.4 Å². The van der Waals surface area contributed by atoms with E-state index in [2.05, 4.69) is 24.2 Å². The Morgan fingerprint density at radius 1 is 1.25 bits per heavy atom. The lowest BCUT2D eigenvalue weighted by molar-refractivity contribution is 0.751. The lowest BCUT2D eigenvalue weighted by Crippen LogP contribution is -2.19. The molecular formula is C9H19ClN2. The second-order valence-electron chi connectivity index (χ2n) is 2.81. The standard InChI is InChI=1S/C9H19ClN2/c1-3-5-7-11-9(10)12-8-6-4-2/h3-8H2,1-2H3,(H,11,12). The van der Waals surface area contributed by atoms with Gasteiger partial charge in [0.1, 0.15) is 0 Å². The summed E-state index contributed by atoms with van der Waals surface area (Å²) < 4.78 is 0. The van der Waals surface area contributed by atoms with Crippen LogP contribution in [0, 0.1) is 0 Å². The molecule has 3 heteroatoms. The summed E-state index contributed by atoms with van der Waals surface area (Å²) in [6.45, 7) is 6.08. The minimum atomic E-state index is 0.567. The van der Waals surface area contributed by atoms with Crippen LogP contribution in [-0.4, -0.2) is 18.4 Å². The molecule has 2 nitrogen and oxygen atoms in total. The summed E-state index contributed by atoms with van der Waals surface area (Å²) in [7, 11) is 0. The summed E-state index contributed by atoms with van der Waals surface area (Å²) >= 11 is 5.79. The Morgan fingerprint density at radius 2 is 1.92 bits per heavy atom. The first kappa shape index (κ1) is 11.8. The molecule has 0 saturated heterocycles. The van der Waals surface area contributed by atoms with E-state index in [1.165, 1.54) is 12.8 Å². The molecule has 0 aliphatic rings. The predicted octanol–water partition coefficient (Wildman–Crippen LogP) is 2.77. The molecule has 0 radical (unpaired) electrons. The molecule has 0 heterocycles. The van der Waals surface area contributed by atoms with Gasteiger partial charge in [0.15, 0.2) is 5.29 Å². The monoisotopic (exact) mass is 190 g/mol. The number of amidine groups is 1. The summed E-state index contributed by atoms with van der Waals surface area (Å²) in [5, 5.41) is 3.62. The van der Waals surface area contributed by atoms with E-state index in [4.69, 9.17) is 11.6 Å². The summed E-state index contributed by atoms with van der Waals surface area (Å²) in [6, 6.07) is 0. The van der Waals surface area contributed by atoms with Crippen LogP contribution < -0.4 is 5.32 Å². The lowest BCUT2D eigenvalue weighted by Gasteiger charge is -2.01. The maximum absolute atomic E-state index is 5.79. The molecule has 0 rings (SSSR count). The number of hydrogen-bond acceptors (Lipinski definition) is 1. The van der Waals surface area contributed by atoms with E-state index in [9.17, 15) is 0 Å². The Kier molecular flexibility index (Phi) is 8.68. The fourth-order valence-electron chi connectivity index (χ4n) is 0.760. The van der Waals surface area contributed by atoms with E-state index in [1.807, 2.05) is 0 Å². The normalized spacial score (nSPS) is 11.8. The van der Waals surface area contributed by atoms with Gasteiger partial charge in [0, 0.05) is 13.1 Å². The second kappa shape index (κ2) is 8.85. The average molecular weight is 191 g/mol. The van der Waals surface area contributed by atoms with Crippen LogP contribution in [0.4, 0.5) is 0 Å². The maximum Gasteiger partial charge on any atom is 0.191 e. The van der Waals surface area contributed by atoms with E-state index in [0.717, 1.165) is 25.9 Å². The SMILES string of the molecule is CCCCN=C(Cl)NCCCC. The Balaban J connectivity index is 3.29. The first-order chi connectivity index (χ1) is 5.81. The summed E-state index contributed by atoms with van der Waals surface area (Å²) in [4.78, 5) is 4.16. The molecule has 0 aromatic carbocycles. The quantitative estimate of drug-likeness (QED) is 0.296. The van der Waals surface area contributed by atoms with Crippen molar-refractivity contribution >= 4 is 16.9 Å². The number of nitrogens with one attached hydrogen (secondary N) is 1. The lowest BCUT2D eigenvalue weighted by atomic mass is 10.3. The van der Waals surface area contributed by atoms with E-state index >= 15 is 0 Å². The van der Waals surface area contributed by atoms with Gasteiger partial charge in [-0.3, -0.25) is 4.99 Å². The molecule has 1 N–H and O–H groups in total. The number of rotatable bonds is 6. The molecule has 72 valence electrons. The van der Waals surface area contributed by atoms with Crippen LogP contribution in [0.1, 0.15) is 39.5 Å². The third-order valence-electron chi connectivity index (χ3n) is 1.56. The van der Waals surface area contributed by atoms with Crippen LogP contribution in [0.3, 0.4) is 0 Å². The maximum atomic E-state index is 5.79. The highest BCUT2D eigenvalue weighted by molar-refractivity contribution is 6.64. The molecule has 0 fully saturated rings. The highest BCUT2D eigenvalue weighted by atomic mass is 35.5. The number of halogens is 1. The van der Waals surface area contributed by atoms with Crippen molar-refractivity contribution < 1.29 is 0 Å². The van der Waals surface area contributed by atoms with Crippen molar-refractivity contribution in [2.24, 2.45) is 4.99 Å². The molecule has 0 saturated carbocycles. The number of unbranched alkanes of at least 4 members (excludes halogenated alkanes) is 2. The molecule has 0 spiro atoms. The van der Waals surface area contributed by atoms with Gasteiger partial charge in [-0.25, -0.2) is 0 Å². The van der Waals surface area contributed by atoms with Gasteiger partial charge >= 0.3 is 0 Å². The van der Waals surface area contributed by atoms with E-state index in [0.29, 0.717) is 5.29 Å². The van der Waals surface area contributed by atoms with Gasteiger partial charge in [-0.1, -0.05) is 26.7 Å². The van der Waals surface area contributed by atoms with E-state index < -0.39 is 0 Å². The topological polar surface area (TPSA) is 24.4 Å². The summed E-state index contributed by atoms with van der Waals surface area (Å²) in [5.41, 5.74) is 0. The van der Waals surface area contributed by atoms with Crippen LogP contribution in [0.25, 0.3) is 0 Å². The third-order valence-corrected chi connectivity index (χ3v) is 1.82. The van der Waals surface area contributed by atoms with Gasteiger partial charge < -0.3 is 5.32 Å². The second-order valence-corrected chi connectivity index (χ2v) is 3.16. The minimum absolute atomic E-state index is 0.567. The van der Waals surface area contributed by atoms with Crippen LogP contribution in [0.5, 0.6) is 0 Å². The molecule has 0 aromatic heterocycles. The Morgan fingerprint density at radius 3 is 2.50 bits per heavy atom. The first-order valence-corrected chi connectivity index (χ1v) is 5.12. The van der Waals surface area contributed by atoms with Crippen LogP contribution >= 0.6 is 11.6 Å². The smallest absolute Gasteiger partial charge is 0.191 e. The molecule has 0 aliphatic heterocycles. The zero-order chi connectivity index (χ0) is 9.23. The van der Waals surface area contributed by atoms with E-state index in [1.54, 1.807) is 0 Å². The summed E-state index contributed by atoms with van der Waals surface area (Å²) in [6.07, 6.45) is 4.62. The van der Waals surface area contributed by atoms with Crippen molar-refractivity contribution in [3.63, 3.8) is 0 Å². The minimum Gasteiger partial charge on any atom is -0.361 e. The van der Waals surface area contributed by atoms with Crippen molar-refractivity contribution in [1.82, 2.24) is 5.32 Å². The van der Waals surface area contributed by atoms with Gasteiger partial charge in [0.05, 0.1) is 0 Å². The largest absolute Gasteiger partial charge is 0.361 e. The van der Waals surface area contributed by atoms with Crippen molar-refractivity contribution in [2.75, 3.05) is 13.1 Å². The van der Waals surface area contributed by atoms with Crippen LogP contribution in [0.15, 0.2) is 4.99 Å². The summed E-state index contributed by atoms with van der Waals surface area (Å²) in [5.74, 6) is 0. The number of hydrogen-bond donors (Lipinski definition) is 1. The third kappa shape index (κ3) is 7.86. The van der Waals surface area contributed by atoms with Gasteiger partial charge in [-0.2, -0.15) is 0 Å². The van der Waals surface area contributed by atoms with Gasteiger partial charge in [0.25, 0.3) is 0 Å². The van der Waals surface area contributed by atoms with E-state index in [-0.39, 0.29) is 0 Å². The van der Waals surface area contributed by atoms with Gasteiger partial charge in [-0.05, 0) is 24.4 Å². The molecule has 0 aliphatic carbocycles. The van der Waals surface area contributed by atoms with Crippen LogP contribution in [0.2, 0.25) is 0 Å². The van der Waals surface area contributed by atoms with Crippen molar-refractivity contribution in [2.45, 2.75) is 39.5 Å². The Hall–Kier alpha value is -0.240. The fourth-order valence-corrected chi connectivity index (χ4v) is 0.939. The first-order valence-electron chi connectivity index (χ1n) is 4.75. The zero-order valence-corrected chi connectivity index (χ0v) is 8.82. The molecule has 0 bridgehead atoms. The van der Waals surface area contributed by atoms with Crippen LogP contribution in [-0.2, 0) is 0 Å². The zero-order valence-electron chi connectivity index (χ0n) is 8.07. The van der Waals surface area contributed by atoms with Crippen molar-refractivity contribution in [3.8, 4) is 0 Å². The van der Waals surface area contributed by atoms with Crippen molar-refractivity contribution in [3.05, 3.63) is 0 Å². The molecule has 0 amide bonds. The average Bonchev–Trinajstić information content (AvgIpc) is 2.06. The molecule has 0 atom stereocenters. The number of nitrogens with zero attached hydrogens (tertiary/aromatic N) is 1. The molecule has 0 unspecified atom stereocenters. The van der Waals surface area contributed by atoms with Gasteiger partial charge in [-0.15, -0.1) is 0 Å². The highest BCUT2D eigenvalue weighted by Crippen LogP contribution is 1.90. The molecule has 0 aromatic rings. The predicted molar refractivity (Wildman–Crippen MR) is 56.0 cm³/mol. The Bertz CT molecular complexity index is 124. The van der Waals surface area contributed by atoms with Crippen molar-refractivity contribution in [1.29, 1.82) is 0 Å². The number of aliphatic imine (C=N–C) groups is 1.